The van der Waals surface area contributed by atoms with Crippen LogP contribution in [0.3, 0.4) is 0 Å². The molecule has 0 aliphatic carbocycles. The van der Waals surface area contributed by atoms with Gasteiger partial charge in [-0.3, -0.25) is 0 Å². The third-order valence-corrected chi connectivity index (χ3v) is 2.90. The molecule has 0 radical (unpaired) electrons. The van der Waals surface area contributed by atoms with Crippen LogP contribution in [0.1, 0.15) is 6.92 Å². The van der Waals surface area contributed by atoms with Crippen LogP contribution in [0.5, 0.6) is 5.75 Å². The van der Waals surface area contributed by atoms with Gasteiger partial charge in [0.25, 0.3) is 0 Å². The summed E-state index contributed by atoms with van der Waals surface area (Å²) >= 11 is 1.49. The maximum atomic E-state index is 12.4. The van der Waals surface area contributed by atoms with E-state index in [-0.39, 0.29) is 5.75 Å². The van der Waals surface area contributed by atoms with Gasteiger partial charge >= 0.3 is 0 Å². The first-order chi connectivity index (χ1) is 7.61. The van der Waals surface area contributed by atoms with Gasteiger partial charge in [0.15, 0.2) is 0 Å². The summed E-state index contributed by atoms with van der Waals surface area (Å²) in [7, 11) is 0. The van der Waals surface area contributed by atoms with E-state index in [2.05, 4.69) is 6.58 Å². The lowest BCUT2D eigenvalue weighted by atomic mass is 10.3. The first-order valence-electron chi connectivity index (χ1n) is 4.77. The number of hydrogen-bond donors (Lipinski definition) is 1. The van der Waals surface area contributed by atoms with Gasteiger partial charge in [-0.15, -0.1) is 0 Å². The Bertz CT molecular complexity index is 418. The van der Waals surface area contributed by atoms with E-state index in [0.29, 0.717) is 0 Å². The van der Waals surface area contributed by atoms with Gasteiger partial charge in [-0.2, -0.15) is 0 Å². The molecule has 1 aromatic carbocycles. The number of hydrogen-bond acceptors (Lipinski definition) is 2. The third kappa shape index (κ3) is 4.36. The molecular weight excluding hydrogens is 223 g/mol. The molecule has 0 aliphatic heterocycles. The monoisotopic (exact) mass is 236 g/mol. The highest BCUT2D eigenvalue weighted by atomic mass is 32.2. The van der Waals surface area contributed by atoms with E-state index >= 15 is 0 Å². The zero-order valence-electron chi connectivity index (χ0n) is 8.98. The van der Waals surface area contributed by atoms with Crippen LogP contribution in [0.25, 0.3) is 0 Å². The predicted molar refractivity (Wildman–Crippen MR) is 67.1 cm³/mol. The number of benzene rings is 1. The summed E-state index contributed by atoms with van der Waals surface area (Å²) in [6.07, 6.45) is 4.87. The summed E-state index contributed by atoms with van der Waals surface area (Å²) in [5.41, 5.74) is 0. The van der Waals surface area contributed by atoms with Crippen LogP contribution in [0.15, 0.2) is 64.7 Å². The molecule has 0 fully saturated rings. The second kappa shape index (κ2) is 6.18. The van der Waals surface area contributed by atoms with E-state index in [1.54, 1.807) is 18.2 Å². The molecule has 1 N–H and O–H groups in total. The highest BCUT2D eigenvalue weighted by Gasteiger charge is 1.97. The SMILES string of the molecule is C=C(F)/C=C\C(=C/C)Sc1ccc(O)cc1. The van der Waals surface area contributed by atoms with Crippen molar-refractivity contribution in [2.24, 2.45) is 0 Å². The standard InChI is InChI=1S/C13H13FOS/c1-3-12(7-4-10(2)14)16-13-8-5-11(15)6-9-13/h3-9,15H,2H2,1H3/b7-4-,12-3+. The fourth-order valence-corrected chi connectivity index (χ4v) is 1.81. The number of rotatable bonds is 4. The smallest absolute Gasteiger partial charge is 0.116 e. The first-order valence-corrected chi connectivity index (χ1v) is 5.59. The molecule has 16 heavy (non-hydrogen) atoms. The minimum atomic E-state index is -0.467. The molecule has 0 atom stereocenters. The number of aromatic hydroxyl groups is 1. The Morgan fingerprint density at radius 2 is 1.94 bits per heavy atom. The molecular formula is C13H13FOS. The number of halogens is 1. The third-order valence-electron chi connectivity index (χ3n) is 1.79. The molecule has 0 saturated heterocycles. The van der Waals surface area contributed by atoms with Crippen LogP contribution >= 0.6 is 11.8 Å². The van der Waals surface area contributed by atoms with Crippen molar-refractivity contribution in [3.05, 3.63) is 59.8 Å². The molecule has 1 rings (SSSR count). The van der Waals surface area contributed by atoms with Crippen LogP contribution < -0.4 is 0 Å². The molecule has 84 valence electrons. The summed E-state index contributed by atoms with van der Waals surface area (Å²) in [6, 6.07) is 6.85. The zero-order valence-corrected chi connectivity index (χ0v) is 9.80. The summed E-state index contributed by atoms with van der Waals surface area (Å²) in [6.45, 7) is 5.04. The van der Waals surface area contributed by atoms with Gasteiger partial charge in [0.2, 0.25) is 0 Å². The highest BCUT2D eigenvalue weighted by Crippen LogP contribution is 2.28. The topological polar surface area (TPSA) is 20.2 Å². The summed E-state index contributed by atoms with van der Waals surface area (Å²) in [5, 5.41) is 9.13. The van der Waals surface area contributed by atoms with Crippen molar-refractivity contribution in [3.8, 4) is 5.75 Å². The normalized spacial score (nSPS) is 12.0. The van der Waals surface area contributed by atoms with Gasteiger partial charge in [0.05, 0.1) is 0 Å². The van der Waals surface area contributed by atoms with Crippen LogP contribution in [0, 0.1) is 0 Å². The molecule has 0 unspecified atom stereocenters. The number of allylic oxidation sites excluding steroid dienone is 4. The Labute approximate surface area is 99.0 Å². The van der Waals surface area contributed by atoms with Gasteiger partial charge in [0, 0.05) is 9.80 Å². The van der Waals surface area contributed by atoms with Crippen molar-refractivity contribution in [2.45, 2.75) is 11.8 Å². The Hall–Kier alpha value is -1.48. The molecule has 0 spiro atoms. The lowest BCUT2D eigenvalue weighted by molar-refractivity contribution is 0.475. The molecule has 0 aromatic heterocycles. The van der Waals surface area contributed by atoms with Crippen LogP contribution in [-0.2, 0) is 0 Å². The van der Waals surface area contributed by atoms with Gasteiger partial charge in [-0.05, 0) is 43.3 Å². The summed E-state index contributed by atoms with van der Waals surface area (Å²) in [4.78, 5) is 1.91. The van der Waals surface area contributed by atoms with E-state index in [4.69, 9.17) is 5.11 Å². The predicted octanol–water partition coefficient (Wildman–Crippen LogP) is 4.43. The minimum absolute atomic E-state index is 0.235. The zero-order chi connectivity index (χ0) is 12.0. The first kappa shape index (κ1) is 12.6. The van der Waals surface area contributed by atoms with Crippen molar-refractivity contribution < 1.29 is 9.50 Å². The highest BCUT2D eigenvalue weighted by molar-refractivity contribution is 8.03. The second-order valence-electron chi connectivity index (χ2n) is 3.07. The van der Waals surface area contributed by atoms with Gasteiger partial charge in [0.1, 0.15) is 11.6 Å². The Morgan fingerprint density at radius 3 is 2.44 bits per heavy atom. The van der Waals surface area contributed by atoms with E-state index in [0.717, 1.165) is 9.80 Å². The summed E-state index contributed by atoms with van der Waals surface area (Å²) in [5.74, 6) is -0.232. The van der Waals surface area contributed by atoms with Crippen LogP contribution in [-0.4, -0.2) is 5.11 Å². The maximum absolute atomic E-state index is 12.4. The fourth-order valence-electron chi connectivity index (χ4n) is 1.01. The molecule has 0 saturated carbocycles. The van der Waals surface area contributed by atoms with E-state index in [1.165, 1.54) is 17.8 Å². The van der Waals surface area contributed by atoms with Crippen molar-refractivity contribution in [2.75, 3.05) is 0 Å². The Morgan fingerprint density at radius 1 is 1.31 bits per heavy atom. The van der Waals surface area contributed by atoms with Gasteiger partial charge < -0.3 is 5.11 Å². The lowest BCUT2D eigenvalue weighted by Crippen LogP contribution is -1.73. The minimum Gasteiger partial charge on any atom is -0.508 e. The number of phenols is 1. The van der Waals surface area contributed by atoms with Crippen molar-refractivity contribution in [3.63, 3.8) is 0 Å². The molecule has 0 aliphatic rings. The quantitative estimate of drug-likeness (QED) is 0.616. The average Bonchev–Trinajstić information content (AvgIpc) is 2.26. The van der Waals surface area contributed by atoms with Gasteiger partial charge in [-0.25, -0.2) is 4.39 Å². The Kier molecular flexibility index (Phi) is 4.86. The average molecular weight is 236 g/mol. The number of thioether (sulfide) groups is 1. The summed E-state index contributed by atoms with van der Waals surface area (Å²) < 4.78 is 12.4. The molecule has 0 bridgehead atoms. The van der Waals surface area contributed by atoms with E-state index < -0.39 is 5.83 Å². The lowest BCUT2D eigenvalue weighted by Gasteiger charge is -2.01. The van der Waals surface area contributed by atoms with Gasteiger partial charge in [-0.1, -0.05) is 24.4 Å². The maximum Gasteiger partial charge on any atom is 0.116 e. The number of phenolic OH excluding ortho intramolecular Hbond substituents is 1. The fraction of sp³-hybridized carbons (Fsp3) is 0.0769. The second-order valence-corrected chi connectivity index (χ2v) is 4.21. The van der Waals surface area contributed by atoms with Crippen LogP contribution in [0.4, 0.5) is 4.39 Å². The van der Waals surface area contributed by atoms with Crippen molar-refractivity contribution in [1.29, 1.82) is 0 Å². The van der Waals surface area contributed by atoms with Crippen LogP contribution in [0.2, 0.25) is 0 Å². The molecule has 0 amide bonds. The Balaban J connectivity index is 2.71. The molecule has 0 heterocycles. The van der Waals surface area contributed by atoms with E-state index in [1.807, 2.05) is 25.1 Å². The largest absolute Gasteiger partial charge is 0.508 e. The van der Waals surface area contributed by atoms with E-state index in [9.17, 15) is 4.39 Å². The van der Waals surface area contributed by atoms with Crippen molar-refractivity contribution in [1.82, 2.24) is 0 Å². The molecule has 3 heteroatoms. The van der Waals surface area contributed by atoms with Crippen molar-refractivity contribution >= 4 is 11.8 Å². The molecule has 1 nitrogen and oxygen atoms in total. The molecule has 1 aromatic rings.